The second kappa shape index (κ2) is 5.45. The van der Waals surface area contributed by atoms with E-state index in [1.807, 2.05) is 37.5 Å². The van der Waals surface area contributed by atoms with E-state index in [2.05, 4.69) is 0 Å². The highest BCUT2D eigenvalue weighted by atomic mass is 16.5. The molecule has 104 valence electrons. The summed E-state index contributed by atoms with van der Waals surface area (Å²) in [7, 11) is 0. The van der Waals surface area contributed by atoms with Crippen LogP contribution in [0.4, 0.5) is 4.79 Å². The molecular weight excluding hydrogens is 232 g/mol. The number of carbonyl (C=O) groups excluding carboxylic acids is 1. The van der Waals surface area contributed by atoms with Crippen molar-refractivity contribution < 1.29 is 14.3 Å². The number of carbonyl (C=O) groups is 1. The molecule has 2 aliphatic heterocycles. The average molecular weight is 256 g/mol. The Hall–Kier alpha value is -0.810. The van der Waals surface area contributed by atoms with Crippen molar-refractivity contribution in [1.29, 1.82) is 0 Å². The molecule has 18 heavy (non-hydrogen) atoms. The molecule has 2 aliphatic rings. The lowest BCUT2D eigenvalue weighted by Gasteiger charge is -2.46. The summed E-state index contributed by atoms with van der Waals surface area (Å²) in [5.74, 6) is 0. The van der Waals surface area contributed by atoms with Crippen molar-refractivity contribution in [3.63, 3.8) is 0 Å². The SMILES string of the molecule is CC1COCC(C)N1C(=O)N1C(C)COCC1C. The number of urea groups is 1. The first-order valence-corrected chi connectivity index (χ1v) is 6.78. The number of ether oxygens (including phenoxy) is 2. The van der Waals surface area contributed by atoms with E-state index in [0.29, 0.717) is 26.4 Å². The van der Waals surface area contributed by atoms with Gasteiger partial charge < -0.3 is 19.3 Å². The number of morpholine rings is 2. The Kier molecular flexibility index (Phi) is 4.12. The molecule has 0 bridgehead atoms. The first-order chi connectivity index (χ1) is 8.52. The van der Waals surface area contributed by atoms with Crippen molar-refractivity contribution in [1.82, 2.24) is 9.80 Å². The van der Waals surface area contributed by atoms with Gasteiger partial charge in [-0.25, -0.2) is 4.79 Å². The van der Waals surface area contributed by atoms with E-state index in [9.17, 15) is 4.79 Å². The minimum Gasteiger partial charge on any atom is -0.377 e. The summed E-state index contributed by atoms with van der Waals surface area (Å²) in [6.45, 7) is 10.7. The van der Waals surface area contributed by atoms with Gasteiger partial charge in [0.05, 0.1) is 50.6 Å². The molecule has 5 heteroatoms. The Morgan fingerprint density at radius 1 is 0.778 bits per heavy atom. The van der Waals surface area contributed by atoms with E-state index in [-0.39, 0.29) is 30.2 Å². The number of amides is 2. The van der Waals surface area contributed by atoms with Gasteiger partial charge in [0.1, 0.15) is 0 Å². The molecule has 4 unspecified atom stereocenters. The van der Waals surface area contributed by atoms with E-state index < -0.39 is 0 Å². The molecule has 5 nitrogen and oxygen atoms in total. The van der Waals surface area contributed by atoms with Crippen LogP contribution >= 0.6 is 0 Å². The van der Waals surface area contributed by atoms with Gasteiger partial charge >= 0.3 is 6.03 Å². The number of hydrogen-bond acceptors (Lipinski definition) is 3. The minimum atomic E-state index is 0.126. The van der Waals surface area contributed by atoms with Gasteiger partial charge in [-0.15, -0.1) is 0 Å². The standard InChI is InChI=1S/C13H24N2O3/c1-9-5-17-6-10(2)14(9)13(16)15-11(3)7-18-8-12(15)4/h9-12H,5-8H2,1-4H3. The molecule has 0 aromatic heterocycles. The summed E-state index contributed by atoms with van der Waals surface area (Å²) in [5, 5.41) is 0. The maximum Gasteiger partial charge on any atom is 0.321 e. The van der Waals surface area contributed by atoms with E-state index in [4.69, 9.17) is 9.47 Å². The highest BCUT2D eigenvalue weighted by Gasteiger charge is 2.37. The summed E-state index contributed by atoms with van der Waals surface area (Å²) in [5.41, 5.74) is 0. The van der Waals surface area contributed by atoms with Crippen LogP contribution in [-0.4, -0.2) is 66.4 Å². The van der Waals surface area contributed by atoms with Crippen LogP contribution in [0, 0.1) is 0 Å². The fraction of sp³-hybridized carbons (Fsp3) is 0.923. The first kappa shape index (κ1) is 13.6. The number of hydrogen-bond donors (Lipinski definition) is 0. The van der Waals surface area contributed by atoms with Crippen molar-refractivity contribution >= 4 is 6.03 Å². The normalized spacial score (nSPS) is 37.8. The lowest BCUT2D eigenvalue weighted by molar-refractivity contribution is -0.0533. The quantitative estimate of drug-likeness (QED) is 0.656. The van der Waals surface area contributed by atoms with Gasteiger partial charge in [-0.1, -0.05) is 0 Å². The Bertz CT molecular complexity index is 263. The molecule has 0 aromatic carbocycles. The predicted octanol–water partition coefficient (Wildman–Crippen LogP) is 1.32. The third-order valence-electron chi connectivity index (χ3n) is 3.78. The van der Waals surface area contributed by atoms with Gasteiger partial charge in [-0.3, -0.25) is 0 Å². The van der Waals surface area contributed by atoms with Gasteiger partial charge in [0.25, 0.3) is 0 Å². The highest BCUT2D eigenvalue weighted by Crippen LogP contribution is 2.21. The molecule has 0 spiro atoms. The molecule has 2 amide bonds. The molecule has 0 N–H and O–H groups in total. The van der Waals surface area contributed by atoms with Crippen LogP contribution in [0.5, 0.6) is 0 Å². The summed E-state index contributed by atoms with van der Waals surface area (Å²) < 4.78 is 11.0. The minimum absolute atomic E-state index is 0.126. The van der Waals surface area contributed by atoms with Crippen molar-refractivity contribution in [2.45, 2.75) is 51.9 Å². The van der Waals surface area contributed by atoms with Gasteiger partial charge in [0, 0.05) is 0 Å². The molecule has 2 saturated heterocycles. The zero-order chi connectivity index (χ0) is 13.3. The summed E-state index contributed by atoms with van der Waals surface area (Å²) in [4.78, 5) is 16.7. The first-order valence-electron chi connectivity index (χ1n) is 6.78. The number of rotatable bonds is 0. The Labute approximate surface area is 109 Å². The van der Waals surface area contributed by atoms with Crippen molar-refractivity contribution in [2.75, 3.05) is 26.4 Å². The molecule has 0 saturated carbocycles. The molecule has 2 heterocycles. The van der Waals surface area contributed by atoms with Crippen molar-refractivity contribution in [3.05, 3.63) is 0 Å². The Morgan fingerprint density at radius 3 is 1.33 bits per heavy atom. The summed E-state index contributed by atoms with van der Waals surface area (Å²) in [6.07, 6.45) is 0. The molecule has 4 atom stereocenters. The van der Waals surface area contributed by atoms with E-state index in [1.165, 1.54) is 0 Å². The zero-order valence-electron chi connectivity index (χ0n) is 11.8. The third-order valence-corrected chi connectivity index (χ3v) is 3.78. The molecule has 2 rings (SSSR count). The smallest absolute Gasteiger partial charge is 0.321 e. The van der Waals surface area contributed by atoms with Gasteiger partial charge in [-0.05, 0) is 27.7 Å². The van der Waals surface area contributed by atoms with Crippen LogP contribution in [0.25, 0.3) is 0 Å². The van der Waals surface area contributed by atoms with Crippen LogP contribution in [0.1, 0.15) is 27.7 Å². The predicted molar refractivity (Wildman–Crippen MR) is 68.6 cm³/mol. The molecule has 0 aliphatic carbocycles. The second-order valence-corrected chi connectivity index (χ2v) is 5.57. The molecule has 0 radical (unpaired) electrons. The van der Waals surface area contributed by atoms with Crippen LogP contribution in [-0.2, 0) is 9.47 Å². The average Bonchev–Trinajstić information content (AvgIpc) is 2.28. The van der Waals surface area contributed by atoms with Crippen LogP contribution in [0.2, 0.25) is 0 Å². The maximum atomic E-state index is 12.7. The van der Waals surface area contributed by atoms with Gasteiger partial charge in [-0.2, -0.15) is 0 Å². The molecule has 0 aromatic rings. The third kappa shape index (κ3) is 2.47. The lowest BCUT2D eigenvalue weighted by Crippen LogP contribution is -2.62. The second-order valence-electron chi connectivity index (χ2n) is 5.57. The Balaban J connectivity index is 2.13. The molecular formula is C13H24N2O3. The van der Waals surface area contributed by atoms with Crippen LogP contribution in [0.3, 0.4) is 0 Å². The van der Waals surface area contributed by atoms with Crippen LogP contribution in [0.15, 0.2) is 0 Å². The summed E-state index contributed by atoms with van der Waals surface area (Å²) >= 11 is 0. The van der Waals surface area contributed by atoms with Gasteiger partial charge in [0.2, 0.25) is 0 Å². The van der Waals surface area contributed by atoms with Crippen LogP contribution < -0.4 is 0 Å². The van der Waals surface area contributed by atoms with Gasteiger partial charge in [0.15, 0.2) is 0 Å². The highest BCUT2D eigenvalue weighted by molar-refractivity contribution is 5.76. The van der Waals surface area contributed by atoms with E-state index >= 15 is 0 Å². The fourth-order valence-corrected chi connectivity index (χ4v) is 2.90. The Morgan fingerprint density at radius 2 is 1.06 bits per heavy atom. The maximum absolute atomic E-state index is 12.7. The monoisotopic (exact) mass is 256 g/mol. The van der Waals surface area contributed by atoms with Crippen molar-refractivity contribution in [3.8, 4) is 0 Å². The van der Waals surface area contributed by atoms with E-state index in [0.717, 1.165) is 0 Å². The topological polar surface area (TPSA) is 42.0 Å². The number of nitrogens with zero attached hydrogens (tertiary/aromatic N) is 2. The van der Waals surface area contributed by atoms with E-state index in [1.54, 1.807) is 0 Å². The zero-order valence-corrected chi connectivity index (χ0v) is 11.8. The molecule has 2 fully saturated rings. The lowest BCUT2D eigenvalue weighted by atomic mass is 10.1. The summed E-state index contributed by atoms with van der Waals surface area (Å²) in [6, 6.07) is 0.695. The largest absolute Gasteiger partial charge is 0.377 e. The van der Waals surface area contributed by atoms with Crippen molar-refractivity contribution in [2.24, 2.45) is 0 Å². The fourth-order valence-electron chi connectivity index (χ4n) is 2.90.